The maximum absolute atomic E-state index is 12.0. The van der Waals surface area contributed by atoms with Crippen molar-refractivity contribution < 1.29 is 22.7 Å². The zero-order valence-electron chi connectivity index (χ0n) is 7.91. The summed E-state index contributed by atoms with van der Waals surface area (Å²) < 4.78 is 39.5. The highest BCUT2D eigenvalue weighted by Crippen LogP contribution is 2.26. The summed E-state index contributed by atoms with van der Waals surface area (Å²) >= 11 is 0. The molecule has 0 unspecified atom stereocenters. The fraction of sp³-hybridized carbons (Fsp3) is 0.250. The number of carbonyl (C=O) groups excluding carboxylic acids is 1. The van der Waals surface area contributed by atoms with E-state index in [0.717, 1.165) is 0 Å². The van der Waals surface area contributed by atoms with E-state index in [1.54, 1.807) is 0 Å². The minimum atomic E-state index is -4.94. The Kier molecular flexibility index (Phi) is 3.33. The van der Waals surface area contributed by atoms with Gasteiger partial charge in [-0.2, -0.15) is 4.98 Å². The SMILES string of the molecule is NCc1cc(N)nc(OC(F)(F)F)c1C=O. The first-order valence-electron chi connectivity index (χ1n) is 4.07. The molecule has 0 aromatic carbocycles. The number of carbonyl (C=O) groups is 1. The molecule has 0 saturated heterocycles. The first-order valence-corrected chi connectivity index (χ1v) is 4.07. The average Bonchev–Trinajstić information content (AvgIpc) is 2.14. The van der Waals surface area contributed by atoms with Gasteiger partial charge in [-0.05, 0) is 11.6 Å². The molecule has 0 atom stereocenters. The van der Waals surface area contributed by atoms with Gasteiger partial charge in [-0.15, -0.1) is 13.2 Å². The molecule has 1 aromatic heterocycles. The van der Waals surface area contributed by atoms with E-state index < -0.39 is 12.2 Å². The topological polar surface area (TPSA) is 91.2 Å². The van der Waals surface area contributed by atoms with Crippen molar-refractivity contribution in [3.05, 3.63) is 17.2 Å². The van der Waals surface area contributed by atoms with E-state index in [1.807, 2.05) is 0 Å². The van der Waals surface area contributed by atoms with Gasteiger partial charge in [0, 0.05) is 6.54 Å². The van der Waals surface area contributed by atoms with Crippen molar-refractivity contribution in [2.45, 2.75) is 12.9 Å². The Morgan fingerprint density at radius 2 is 2.12 bits per heavy atom. The molecule has 1 rings (SSSR count). The Morgan fingerprint density at radius 3 is 2.56 bits per heavy atom. The molecule has 4 N–H and O–H groups in total. The van der Waals surface area contributed by atoms with E-state index in [-0.39, 0.29) is 29.8 Å². The molecule has 16 heavy (non-hydrogen) atoms. The number of nitrogens with zero attached hydrogens (tertiary/aromatic N) is 1. The summed E-state index contributed by atoms with van der Waals surface area (Å²) in [7, 11) is 0. The van der Waals surface area contributed by atoms with Crippen LogP contribution in [0.15, 0.2) is 6.07 Å². The Balaban J connectivity index is 3.25. The van der Waals surface area contributed by atoms with Crippen molar-refractivity contribution in [1.29, 1.82) is 0 Å². The molecule has 1 aromatic rings. The summed E-state index contributed by atoms with van der Waals surface area (Å²) in [5.41, 5.74) is 10.3. The highest BCUT2D eigenvalue weighted by Gasteiger charge is 2.33. The highest BCUT2D eigenvalue weighted by molar-refractivity contribution is 5.81. The van der Waals surface area contributed by atoms with Crippen molar-refractivity contribution in [3.8, 4) is 5.88 Å². The average molecular weight is 235 g/mol. The first-order chi connectivity index (χ1) is 7.37. The molecule has 0 saturated carbocycles. The number of aldehydes is 1. The van der Waals surface area contributed by atoms with Crippen LogP contribution < -0.4 is 16.2 Å². The van der Waals surface area contributed by atoms with E-state index in [4.69, 9.17) is 11.5 Å². The number of nitrogens with two attached hydrogens (primary N) is 2. The zero-order valence-corrected chi connectivity index (χ0v) is 7.91. The summed E-state index contributed by atoms with van der Waals surface area (Å²) in [5.74, 6) is -1.09. The van der Waals surface area contributed by atoms with Gasteiger partial charge in [-0.3, -0.25) is 4.79 Å². The van der Waals surface area contributed by atoms with E-state index in [0.29, 0.717) is 0 Å². The van der Waals surface area contributed by atoms with E-state index in [2.05, 4.69) is 9.72 Å². The highest BCUT2D eigenvalue weighted by atomic mass is 19.4. The molecule has 0 spiro atoms. The van der Waals surface area contributed by atoms with Crippen LogP contribution in [0.25, 0.3) is 0 Å². The Bertz CT molecular complexity index is 406. The third-order valence-corrected chi connectivity index (χ3v) is 1.68. The number of rotatable bonds is 3. The van der Waals surface area contributed by atoms with Crippen molar-refractivity contribution in [2.24, 2.45) is 5.73 Å². The second-order valence-corrected chi connectivity index (χ2v) is 2.79. The molecule has 0 aliphatic carbocycles. The Morgan fingerprint density at radius 1 is 1.50 bits per heavy atom. The predicted octanol–water partition coefficient (Wildman–Crippen LogP) is 0.834. The smallest absolute Gasteiger partial charge is 0.387 e. The molecule has 0 amide bonds. The maximum Gasteiger partial charge on any atom is 0.574 e. The van der Waals surface area contributed by atoms with Gasteiger partial charge in [0.15, 0.2) is 6.29 Å². The third-order valence-electron chi connectivity index (χ3n) is 1.68. The Hall–Kier alpha value is -1.83. The fourth-order valence-electron chi connectivity index (χ4n) is 1.09. The lowest BCUT2D eigenvalue weighted by Crippen LogP contribution is -2.20. The number of ether oxygens (including phenoxy) is 1. The summed E-state index contributed by atoms with van der Waals surface area (Å²) in [6.45, 7) is -0.144. The number of aromatic nitrogens is 1. The second kappa shape index (κ2) is 4.35. The summed E-state index contributed by atoms with van der Waals surface area (Å²) in [5, 5.41) is 0. The number of anilines is 1. The largest absolute Gasteiger partial charge is 0.574 e. The number of alkyl halides is 3. The van der Waals surface area contributed by atoms with Crippen LogP contribution in [-0.4, -0.2) is 17.6 Å². The number of halogens is 3. The zero-order chi connectivity index (χ0) is 12.3. The van der Waals surface area contributed by atoms with Crippen LogP contribution in [-0.2, 0) is 6.54 Å². The second-order valence-electron chi connectivity index (χ2n) is 2.79. The normalized spacial score (nSPS) is 11.2. The molecule has 0 bridgehead atoms. The molecular formula is C8H8F3N3O2. The lowest BCUT2D eigenvalue weighted by atomic mass is 10.1. The molecule has 0 radical (unpaired) electrons. The van der Waals surface area contributed by atoms with E-state index in [9.17, 15) is 18.0 Å². The summed E-state index contributed by atoms with van der Waals surface area (Å²) in [6.07, 6.45) is -4.75. The quantitative estimate of drug-likeness (QED) is 0.757. The minimum absolute atomic E-state index is 0.141. The van der Waals surface area contributed by atoms with Gasteiger partial charge in [0.2, 0.25) is 5.88 Å². The molecule has 0 fully saturated rings. The molecule has 0 aliphatic rings. The fourth-order valence-corrected chi connectivity index (χ4v) is 1.09. The molecule has 1 heterocycles. The van der Waals surface area contributed by atoms with Crippen LogP contribution in [0.4, 0.5) is 19.0 Å². The van der Waals surface area contributed by atoms with Gasteiger partial charge < -0.3 is 16.2 Å². The van der Waals surface area contributed by atoms with Crippen LogP contribution in [0.5, 0.6) is 5.88 Å². The summed E-state index contributed by atoms with van der Waals surface area (Å²) in [4.78, 5) is 13.9. The van der Waals surface area contributed by atoms with E-state index >= 15 is 0 Å². The number of nitrogen functional groups attached to an aromatic ring is 1. The molecule has 8 heteroatoms. The summed E-state index contributed by atoms with van der Waals surface area (Å²) in [6, 6.07) is 1.22. The lowest BCUT2D eigenvalue weighted by molar-refractivity contribution is -0.276. The van der Waals surface area contributed by atoms with Gasteiger partial charge >= 0.3 is 6.36 Å². The minimum Gasteiger partial charge on any atom is -0.387 e. The molecule has 0 aliphatic heterocycles. The van der Waals surface area contributed by atoms with Crippen molar-refractivity contribution in [2.75, 3.05) is 5.73 Å². The van der Waals surface area contributed by atoms with Crippen molar-refractivity contribution in [3.63, 3.8) is 0 Å². The third kappa shape index (κ3) is 2.83. The predicted molar refractivity (Wildman–Crippen MR) is 48.6 cm³/mol. The van der Waals surface area contributed by atoms with Crippen LogP contribution in [0.3, 0.4) is 0 Å². The van der Waals surface area contributed by atoms with Crippen molar-refractivity contribution in [1.82, 2.24) is 4.98 Å². The standard InChI is InChI=1S/C8H8F3N3O2/c9-8(10,11)16-7-5(3-15)4(2-12)1-6(13)14-7/h1,3H,2,12H2,(H2,13,14). The maximum atomic E-state index is 12.0. The molecule has 88 valence electrons. The van der Waals surface area contributed by atoms with E-state index in [1.165, 1.54) is 6.07 Å². The lowest BCUT2D eigenvalue weighted by Gasteiger charge is -2.12. The molecular weight excluding hydrogens is 227 g/mol. The van der Waals surface area contributed by atoms with Gasteiger partial charge in [-0.1, -0.05) is 0 Å². The first kappa shape index (κ1) is 12.2. The van der Waals surface area contributed by atoms with Crippen LogP contribution in [0.2, 0.25) is 0 Å². The van der Waals surface area contributed by atoms with Crippen LogP contribution >= 0.6 is 0 Å². The Labute approximate surface area is 88.2 Å². The van der Waals surface area contributed by atoms with Crippen LogP contribution in [0.1, 0.15) is 15.9 Å². The molecule has 5 nitrogen and oxygen atoms in total. The van der Waals surface area contributed by atoms with Gasteiger partial charge in [0.05, 0.1) is 5.56 Å². The number of hydrogen-bond donors (Lipinski definition) is 2. The van der Waals surface area contributed by atoms with Gasteiger partial charge in [0.25, 0.3) is 0 Å². The number of pyridine rings is 1. The van der Waals surface area contributed by atoms with Crippen LogP contribution in [0, 0.1) is 0 Å². The van der Waals surface area contributed by atoms with Gasteiger partial charge in [0.1, 0.15) is 5.82 Å². The van der Waals surface area contributed by atoms with Gasteiger partial charge in [-0.25, -0.2) is 0 Å². The monoisotopic (exact) mass is 235 g/mol. The number of hydrogen-bond acceptors (Lipinski definition) is 5. The van der Waals surface area contributed by atoms with Crippen molar-refractivity contribution >= 4 is 12.1 Å².